The Morgan fingerprint density at radius 3 is 2.38 bits per heavy atom. The first-order valence-corrected chi connectivity index (χ1v) is 14.6. The van der Waals surface area contributed by atoms with Gasteiger partial charge in [0.25, 0.3) is 5.91 Å². The van der Waals surface area contributed by atoms with Crippen molar-refractivity contribution >= 4 is 35.4 Å². The van der Waals surface area contributed by atoms with Gasteiger partial charge in [-0.3, -0.25) is 9.59 Å². The quantitative estimate of drug-likeness (QED) is 0.319. The Bertz CT molecular complexity index is 1170. The van der Waals surface area contributed by atoms with Crippen LogP contribution in [-0.2, 0) is 14.3 Å². The summed E-state index contributed by atoms with van der Waals surface area (Å²) in [7, 11) is 0. The number of carbonyl (C=O) groups excluding carboxylic acids is 3. The Morgan fingerprint density at radius 2 is 1.77 bits per heavy atom. The molecule has 7 nitrogen and oxygen atoms in total. The smallest absolute Gasteiger partial charge is 0.408 e. The molecular formula is C31H41N3O4S. The largest absolute Gasteiger partial charge is 0.444 e. The van der Waals surface area contributed by atoms with Crippen molar-refractivity contribution in [2.45, 2.75) is 71.6 Å². The van der Waals surface area contributed by atoms with Crippen molar-refractivity contribution in [2.75, 3.05) is 23.9 Å². The van der Waals surface area contributed by atoms with Crippen LogP contribution in [-0.4, -0.2) is 53.0 Å². The van der Waals surface area contributed by atoms with Gasteiger partial charge < -0.3 is 20.3 Å². The van der Waals surface area contributed by atoms with Crippen LogP contribution < -0.4 is 10.6 Å². The van der Waals surface area contributed by atoms with Crippen LogP contribution in [0.3, 0.4) is 0 Å². The molecule has 39 heavy (non-hydrogen) atoms. The molecule has 0 saturated heterocycles. The van der Waals surface area contributed by atoms with Gasteiger partial charge in [0.05, 0.1) is 0 Å². The normalized spacial score (nSPS) is 12.5. The summed E-state index contributed by atoms with van der Waals surface area (Å²) in [5, 5.41) is 5.77. The molecule has 0 aromatic heterocycles. The Kier molecular flexibility index (Phi) is 12.4. The maximum atomic E-state index is 14.2. The minimum atomic E-state index is -1.01. The summed E-state index contributed by atoms with van der Waals surface area (Å²) in [6.07, 6.45) is 8.94. The molecule has 2 N–H and O–H groups in total. The third kappa shape index (κ3) is 9.67. The molecule has 2 aromatic carbocycles. The molecule has 0 spiro atoms. The van der Waals surface area contributed by atoms with E-state index in [-0.39, 0.29) is 11.8 Å². The number of ether oxygens (including phenoxy) is 1. The number of para-hydroxylation sites is 1. The van der Waals surface area contributed by atoms with Crippen LogP contribution in [0.4, 0.5) is 10.5 Å². The molecule has 0 aliphatic rings. The van der Waals surface area contributed by atoms with Crippen molar-refractivity contribution in [3.8, 4) is 12.3 Å². The van der Waals surface area contributed by atoms with Crippen molar-refractivity contribution in [1.29, 1.82) is 0 Å². The standard InChI is InChI=1S/C31H41N3O4S/c1-8-10-20-34(29(36)26(19-21-39-7)33-30(37)38-31(4,5)6)27(24-17-13-12-16-23(24)9-2)28(35)32-25-18-14-11-15-22(25)3/h2,11-18,26-27H,8,10,19-21H2,1,3-7H3,(H,32,35)(H,33,37). The van der Waals surface area contributed by atoms with Crippen molar-refractivity contribution in [2.24, 2.45) is 0 Å². The average Bonchev–Trinajstić information content (AvgIpc) is 2.88. The highest BCUT2D eigenvalue weighted by atomic mass is 32.2. The van der Waals surface area contributed by atoms with Crippen LogP contribution in [0.5, 0.6) is 0 Å². The Morgan fingerprint density at radius 1 is 1.10 bits per heavy atom. The second-order valence-electron chi connectivity index (χ2n) is 10.3. The van der Waals surface area contributed by atoms with E-state index in [2.05, 4.69) is 16.6 Å². The predicted octanol–water partition coefficient (Wildman–Crippen LogP) is 5.93. The highest BCUT2D eigenvalue weighted by Gasteiger charge is 2.37. The number of nitrogens with zero attached hydrogens (tertiary/aromatic N) is 1. The van der Waals surface area contributed by atoms with Gasteiger partial charge in [-0.1, -0.05) is 55.7 Å². The number of thioether (sulfide) groups is 1. The molecule has 0 bridgehead atoms. The lowest BCUT2D eigenvalue weighted by Crippen LogP contribution is -2.53. The lowest BCUT2D eigenvalue weighted by atomic mass is 9.96. The molecule has 0 radical (unpaired) electrons. The third-order valence-electron chi connectivity index (χ3n) is 6.01. The average molecular weight is 552 g/mol. The number of amides is 3. The van der Waals surface area contributed by atoms with Gasteiger partial charge in [0.2, 0.25) is 5.91 Å². The van der Waals surface area contributed by atoms with Crippen LogP contribution >= 0.6 is 11.8 Å². The lowest BCUT2D eigenvalue weighted by Gasteiger charge is -2.35. The first kappa shape index (κ1) is 31.8. The topological polar surface area (TPSA) is 87.7 Å². The highest BCUT2D eigenvalue weighted by Crippen LogP contribution is 2.28. The Balaban J connectivity index is 2.58. The van der Waals surface area contributed by atoms with Gasteiger partial charge in [-0.15, -0.1) is 6.42 Å². The van der Waals surface area contributed by atoms with Gasteiger partial charge >= 0.3 is 6.09 Å². The van der Waals surface area contributed by atoms with Crippen LogP contribution in [0, 0.1) is 19.3 Å². The fourth-order valence-corrected chi connectivity index (χ4v) is 4.54. The van der Waals surface area contributed by atoms with Gasteiger partial charge in [-0.05, 0) is 75.8 Å². The number of hydrogen-bond acceptors (Lipinski definition) is 5. The third-order valence-corrected chi connectivity index (χ3v) is 6.65. The second kappa shape index (κ2) is 15.2. The van der Waals surface area contributed by atoms with Crippen molar-refractivity contribution < 1.29 is 19.1 Å². The molecular weight excluding hydrogens is 510 g/mol. The summed E-state index contributed by atoms with van der Waals surface area (Å²) in [5.74, 6) is 2.56. The number of hydrogen-bond donors (Lipinski definition) is 2. The Labute approximate surface area is 237 Å². The minimum Gasteiger partial charge on any atom is -0.444 e. The van der Waals surface area contributed by atoms with E-state index < -0.39 is 23.8 Å². The number of unbranched alkanes of at least 4 members (excludes halogenated alkanes) is 1. The highest BCUT2D eigenvalue weighted by molar-refractivity contribution is 7.98. The fraction of sp³-hybridized carbons (Fsp3) is 0.452. The first-order valence-electron chi connectivity index (χ1n) is 13.2. The summed E-state index contributed by atoms with van der Waals surface area (Å²) >= 11 is 1.57. The molecule has 2 unspecified atom stereocenters. The molecule has 0 aliphatic heterocycles. The number of carbonyl (C=O) groups is 3. The SMILES string of the molecule is C#Cc1ccccc1C(C(=O)Nc1ccccc1C)N(CCCC)C(=O)C(CCSC)NC(=O)OC(C)(C)C. The van der Waals surface area contributed by atoms with Gasteiger partial charge in [-0.25, -0.2) is 4.79 Å². The van der Waals surface area contributed by atoms with Crippen LogP contribution in [0.15, 0.2) is 48.5 Å². The number of nitrogens with one attached hydrogen (secondary N) is 2. The molecule has 2 atom stereocenters. The fourth-order valence-electron chi connectivity index (χ4n) is 4.07. The van der Waals surface area contributed by atoms with E-state index in [1.807, 2.05) is 44.4 Å². The zero-order valence-corrected chi connectivity index (χ0v) is 24.7. The molecule has 210 valence electrons. The van der Waals surface area contributed by atoms with E-state index >= 15 is 0 Å². The predicted molar refractivity (Wildman–Crippen MR) is 160 cm³/mol. The molecule has 0 heterocycles. The molecule has 3 amide bonds. The first-order chi connectivity index (χ1) is 18.5. The number of rotatable bonds is 12. The van der Waals surface area contributed by atoms with Crippen molar-refractivity contribution in [1.82, 2.24) is 10.2 Å². The van der Waals surface area contributed by atoms with Gasteiger partial charge in [0.1, 0.15) is 17.7 Å². The van der Waals surface area contributed by atoms with Crippen LogP contribution in [0.25, 0.3) is 0 Å². The van der Waals surface area contributed by atoms with Gasteiger partial charge in [0.15, 0.2) is 0 Å². The number of aryl methyl sites for hydroxylation is 1. The summed E-state index contributed by atoms with van der Waals surface area (Å²) in [5.41, 5.74) is 1.90. The summed E-state index contributed by atoms with van der Waals surface area (Å²) in [4.78, 5) is 42.5. The van der Waals surface area contributed by atoms with Gasteiger partial charge in [-0.2, -0.15) is 11.8 Å². The molecule has 8 heteroatoms. The number of alkyl carbamates (subject to hydrolysis) is 1. The summed E-state index contributed by atoms with van der Waals surface area (Å²) in [6, 6.07) is 12.7. The Hall–Kier alpha value is -3.44. The van der Waals surface area contributed by atoms with E-state index in [1.165, 1.54) is 0 Å². The summed E-state index contributed by atoms with van der Waals surface area (Å²) in [6.45, 7) is 9.53. The maximum absolute atomic E-state index is 14.2. The van der Waals surface area contributed by atoms with Crippen molar-refractivity contribution in [3.05, 3.63) is 65.2 Å². The number of benzene rings is 2. The zero-order valence-electron chi connectivity index (χ0n) is 23.9. The van der Waals surface area contributed by atoms with Crippen LogP contribution in [0.2, 0.25) is 0 Å². The summed E-state index contributed by atoms with van der Waals surface area (Å²) < 4.78 is 5.45. The van der Waals surface area contributed by atoms with Crippen molar-refractivity contribution in [3.63, 3.8) is 0 Å². The monoisotopic (exact) mass is 551 g/mol. The molecule has 0 saturated carbocycles. The minimum absolute atomic E-state index is 0.311. The van der Waals surface area contributed by atoms with Crippen LogP contribution in [0.1, 0.15) is 69.7 Å². The molecule has 0 aliphatic carbocycles. The molecule has 2 aromatic rings. The zero-order chi connectivity index (χ0) is 29.0. The molecule has 2 rings (SSSR count). The number of anilines is 1. The van der Waals surface area contributed by atoms with Gasteiger partial charge in [0, 0.05) is 17.8 Å². The van der Waals surface area contributed by atoms with E-state index in [9.17, 15) is 14.4 Å². The maximum Gasteiger partial charge on any atom is 0.408 e. The van der Waals surface area contributed by atoms with E-state index in [4.69, 9.17) is 11.2 Å². The lowest BCUT2D eigenvalue weighted by molar-refractivity contribution is -0.141. The molecule has 0 fully saturated rings. The van der Waals surface area contributed by atoms with E-state index in [1.54, 1.807) is 61.7 Å². The second-order valence-corrected chi connectivity index (χ2v) is 11.3. The van der Waals surface area contributed by atoms with E-state index in [0.717, 1.165) is 12.0 Å². The number of terminal acetylenes is 1. The van der Waals surface area contributed by atoms with E-state index in [0.29, 0.717) is 42.0 Å².